The summed E-state index contributed by atoms with van der Waals surface area (Å²) < 4.78 is 28.1. The first kappa shape index (κ1) is 12.7. The second-order valence-corrected chi connectivity index (χ2v) is 6.59. The van der Waals surface area contributed by atoms with Gasteiger partial charge in [-0.15, -0.1) is 11.3 Å². The minimum Gasteiger partial charge on any atom is -0.204 e. The van der Waals surface area contributed by atoms with Gasteiger partial charge in [-0.1, -0.05) is 30.3 Å². The fourth-order valence-electron chi connectivity index (χ4n) is 3.03. The van der Waals surface area contributed by atoms with Crippen LogP contribution in [0.2, 0.25) is 0 Å². The molecule has 0 nitrogen and oxygen atoms in total. The Morgan fingerprint density at radius 2 is 1.76 bits per heavy atom. The molecule has 4 rings (SSSR count). The fourth-order valence-corrected chi connectivity index (χ4v) is 4.11. The van der Waals surface area contributed by atoms with Crippen molar-refractivity contribution >= 4 is 11.3 Å². The first-order chi connectivity index (χ1) is 10.1. The molecule has 0 bridgehead atoms. The summed E-state index contributed by atoms with van der Waals surface area (Å²) >= 11 is 1.64. The normalized spacial score (nSPS) is 12.3. The van der Waals surface area contributed by atoms with E-state index < -0.39 is 11.6 Å². The van der Waals surface area contributed by atoms with Gasteiger partial charge in [-0.25, -0.2) is 8.78 Å². The SMILES string of the molecule is Cc1cc2c(s1)-c1ccccc1Cc1ccc(F)c(F)c1-2. The van der Waals surface area contributed by atoms with Gasteiger partial charge in [0.15, 0.2) is 11.6 Å². The molecule has 3 aromatic rings. The van der Waals surface area contributed by atoms with Gasteiger partial charge in [-0.05, 0) is 42.2 Å². The Balaban J connectivity index is 2.14. The predicted molar refractivity (Wildman–Crippen MR) is 82.7 cm³/mol. The van der Waals surface area contributed by atoms with Gasteiger partial charge in [0, 0.05) is 20.9 Å². The molecule has 104 valence electrons. The van der Waals surface area contributed by atoms with Crippen LogP contribution in [0.3, 0.4) is 0 Å². The van der Waals surface area contributed by atoms with E-state index in [1.165, 1.54) is 6.07 Å². The van der Waals surface area contributed by atoms with Crippen molar-refractivity contribution in [3.05, 3.63) is 70.1 Å². The number of halogens is 2. The van der Waals surface area contributed by atoms with E-state index in [0.29, 0.717) is 12.0 Å². The van der Waals surface area contributed by atoms with E-state index in [0.717, 1.165) is 32.0 Å². The van der Waals surface area contributed by atoms with E-state index in [-0.39, 0.29) is 0 Å². The molecule has 0 saturated heterocycles. The topological polar surface area (TPSA) is 0 Å². The van der Waals surface area contributed by atoms with Gasteiger partial charge < -0.3 is 0 Å². The molecule has 1 aromatic heterocycles. The third-order valence-corrected chi connectivity index (χ3v) is 5.03. The van der Waals surface area contributed by atoms with Crippen LogP contribution in [-0.2, 0) is 6.42 Å². The number of benzene rings is 2. The Hall–Kier alpha value is -2.00. The Bertz CT molecular complexity index is 862. The summed E-state index contributed by atoms with van der Waals surface area (Å²) in [6, 6.07) is 13.0. The molecule has 1 aliphatic carbocycles. The molecule has 3 heteroatoms. The summed E-state index contributed by atoms with van der Waals surface area (Å²) in [7, 11) is 0. The van der Waals surface area contributed by atoms with Crippen LogP contribution in [0.25, 0.3) is 21.6 Å². The monoisotopic (exact) mass is 298 g/mol. The van der Waals surface area contributed by atoms with Crippen molar-refractivity contribution in [2.24, 2.45) is 0 Å². The van der Waals surface area contributed by atoms with Gasteiger partial charge in [0.1, 0.15) is 0 Å². The van der Waals surface area contributed by atoms with Gasteiger partial charge in [0.25, 0.3) is 0 Å². The highest BCUT2D eigenvalue weighted by atomic mass is 32.1. The molecule has 0 fully saturated rings. The van der Waals surface area contributed by atoms with Gasteiger partial charge in [0.05, 0.1) is 0 Å². The Labute approximate surface area is 125 Å². The van der Waals surface area contributed by atoms with Crippen molar-refractivity contribution in [1.82, 2.24) is 0 Å². The third-order valence-electron chi connectivity index (χ3n) is 3.95. The molecule has 0 unspecified atom stereocenters. The molecule has 0 spiro atoms. The zero-order valence-electron chi connectivity index (χ0n) is 11.4. The van der Waals surface area contributed by atoms with Crippen LogP contribution >= 0.6 is 11.3 Å². The Morgan fingerprint density at radius 1 is 0.952 bits per heavy atom. The van der Waals surface area contributed by atoms with Gasteiger partial charge in [-0.2, -0.15) is 0 Å². The van der Waals surface area contributed by atoms with Gasteiger partial charge in [-0.3, -0.25) is 0 Å². The van der Waals surface area contributed by atoms with Crippen molar-refractivity contribution in [3.8, 4) is 21.6 Å². The summed E-state index contributed by atoms with van der Waals surface area (Å²) in [5.41, 5.74) is 4.37. The molecule has 0 saturated carbocycles. The second kappa shape index (κ2) is 4.50. The first-order valence-corrected chi connectivity index (χ1v) is 7.63. The molecule has 0 N–H and O–H groups in total. The molecule has 0 amide bonds. The number of hydrogen-bond acceptors (Lipinski definition) is 1. The van der Waals surface area contributed by atoms with Crippen LogP contribution in [-0.4, -0.2) is 0 Å². The van der Waals surface area contributed by atoms with Crippen molar-refractivity contribution in [1.29, 1.82) is 0 Å². The minimum absolute atomic E-state index is 0.422. The van der Waals surface area contributed by atoms with Crippen LogP contribution in [0, 0.1) is 18.6 Å². The highest BCUT2D eigenvalue weighted by Gasteiger charge is 2.25. The zero-order chi connectivity index (χ0) is 14.6. The van der Waals surface area contributed by atoms with Crippen molar-refractivity contribution in [2.45, 2.75) is 13.3 Å². The van der Waals surface area contributed by atoms with E-state index in [4.69, 9.17) is 0 Å². The number of hydrogen-bond donors (Lipinski definition) is 0. The molecule has 0 atom stereocenters. The number of rotatable bonds is 0. The maximum Gasteiger partial charge on any atom is 0.166 e. The summed E-state index contributed by atoms with van der Waals surface area (Å²) in [4.78, 5) is 2.14. The molecular formula is C18H12F2S. The Morgan fingerprint density at radius 3 is 2.62 bits per heavy atom. The molecule has 0 aliphatic heterocycles. The van der Waals surface area contributed by atoms with E-state index in [1.807, 2.05) is 25.1 Å². The lowest BCUT2D eigenvalue weighted by molar-refractivity contribution is 0.510. The predicted octanol–water partition coefficient (Wildman–Crippen LogP) is 5.57. The standard InChI is InChI=1S/C18H12F2S/c1-10-8-14-16-12(6-7-15(19)17(16)20)9-11-4-2-3-5-13(11)18(14)21-10/h2-8H,9H2,1H3. The van der Waals surface area contributed by atoms with E-state index in [2.05, 4.69) is 12.1 Å². The van der Waals surface area contributed by atoms with Crippen LogP contribution < -0.4 is 0 Å². The molecule has 21 heavy (non-hydrogen) atoms. The summed E-state index contributed by atoms with van der Waals surface area (Å²) in [6.07, 6.45) is 0.628. The lowest BCUT2D eigenvalue weighted by Gasteiger charge is -2.08. The zero-order valence-corrected chi connectivity index (χ0v) is 12.2. The quantitative estimate of drug-likeness (QED) is 0.398. The lowest BCUT2D eigenvalue weighted by Crippen LogP contribution is -1.96. The number of thiophene rings is 1. The number of aryl methyl sites for hydroxylation is 1. The van der Waals surface area contributed by atoms with Gasteiger partial charge >= 0.3 is 0 Å². The Kier molecular flexibility index (Phi) is 2.73. The molecule has 1 heterocycles. The van der Waals surface area contributed by atoms with Crippen LogP contribution in [0.5, 0.6) is 0 Å². The highest BCUT2D eigenvalue weighted by Crippen LogP contribution is 2.46. The fraction of sp³-hybridized carbons (Fsp3) is 0.111. The van der Waals surface area contributed by atoms with Crippen LogP contribution in [0.1, 0.15) is 16.0 Å². The van der Waals surface area contributed by atoms with E-state index in [9.17, 15) is 8.78 Å². The molecule has 0 radical (unpaired) electrons. The molecule has 1 aliphatic rings. The van der Waals surface area contributed by atoms with Crippen molar-refractivity contribution < 1.29 is 8.78 Å². The highest BCUT2D eigenvalue weighted by molar-refractivity contribution is 7.16. The maximum absolute atomic E-state index is 14.4. The van der Waals surface area contributed by atoms with E-state index in [1.54, 1.807) is 17.4 Å². The third kappa shape index (κ3) is 1.84. The summed E-state index contributed by atoms with van der Waals surface area (Å²) in [5.74, 6) is -1.52. The first-order valence-electron chi connectivity index (χ1n) is 6.81. The smallest absolute Gasteiger partial charge is 0.166 e. The lowest BCUT2D eigenvalue weighted by atomic mass is 9.98. The summed E-state index contributed by atoms with van der Waals surface area (Å²) in [5, 5.41) is 0. The summed E-state index contributed by atoms with van der Waals surface area (Å²) in [6.45, 7) is 2.00. The minimum atomic E-state index is -0.783. The van der Waals surface area contributed by atoms with Crippen LogP contribution in [0.4, 0.5) is 8.78 Å². The largest absolute Gasteiger partial charge is 0.204 e. The van der Waals surface area contributed by atoms with Gasteiger partial charge in [0.2, 0.25) is 0 Å². The number of fused-ring (bicyclic) bond motifs is 5. The van der Waals surface area contributed by atoms with Crippen molar-refractivity contribution in [3.63, 3.8) is 0 Å². The van der Waals surface area contributed by atoms with Crippen LogP contribution in [0.15, 0.2) is 42.5 Å². The average molecular weight is 298 g/mol. The molecule has 2 aromatic carbocycles. The second-order valence-electron chi connectivity index (χ2n) is 5.33. The molecular weight excluding hydrogens is 286 g/mol. The average Bonchev–Trinajstić information content (AvgIpc) is 2.79. The van der Waals surface area contributed by atoms with Crippen molar-refractivity contribution in [2.75, 3.05) is 0 Å². The maximum atomic E-state index is 14.4. The van der Waals surface area contributed by atoms with E-state index >= 15 is 0 Å².